The number of amides is 1. The molecule has 0 saturated carbocycles. The molecule has 6 heteroatoms. The van der Waals surface area contributed by atoms with Gasteiger partial charge in [0.2, 0.25) is 5.91 Å². The minimum atomic E-state index is -0.955. The van der Waals surface area contributed by atoms with Crippen LogP contribution in [-0.4, -0.2) is 33.5 Å². The van der Waals surface area contributed by atoms with Crippen molar-refractivity contribution in [2.75, 3.05) is 6.54 Å². The summed E-state index contributed by atoms with van der Waals surface area (Å²) < 4.78 is 0. The number of carbonyl (C=O) groups is 2. The summed E-state index contributed by atoms with van der Waals surface area (Å²) in [6.45, 7) is 4.03. The van der Waals surface area contributed by atoms with Crippen molar-refractivity contribution in [3.63, 3.8) is 0 Å². The van der Waals surface area contributed by atoms with Gasteiger partial charge in [0.25, 0.3) is 0 Å². The van der Waals surface area contributed by atoms with Gasteiger partial charge in [0.1, 0.15) is 0 Å². The molecule has 0 radical (unpaired) electrons. The molecule has 3 atom stereocenters. The first-order valence-electron chi connectivity index (χ1n) is 8.57. The third kappa shape index (κ3) is 4.92. The summed E-state index contributed by atoms with van der Waals surface area (Å²) in [5.41, 5.74) is 1.92. The second-order valence-electron chi connectivity index (χ2n) is 6.20. The lowest BCUT2D eigenvalue weighted by molar-refractivity contribution is -0.147. The van der Waals surface area contributed by atoms with Crippen LogP contribution in [0.25, 0.3) is 0 Å². The van der Waals surface area contributed by atoms with Crippen LogP contribution < -0.4 is 5.32 Å². The van der Waals surface area contributed by atoms with Crippen LogP contribution in [0.4, 0.5) is 0 Å². The van der Waals surface area contributed by atoms with Gasteiger partial charge in [-0.1, -0.05) is 44.2 Å². The quantitative estimate of drug-likeness (QED) is 0.652. The first kappa shape index (κ1) is 18.7. The zero-order valence-corrected chi connectivity index (χ0v) is 14.6. The lowest BCUT2D eigenvalue weighted by Crippen LogP contribution is -2.41. The largest absolute Gasteiger partial charge is 0.481 e. The summed E-state index contributed by atoms with van der Waals surface area (Å²) in [6, 6.07) is 9.64. The number of H-pyrrole nitrogens is 1. The van der Waals surface area contributed by atoms with Gasteiger partial charge in [0.15, 0.2) is 0 Å². The molecule has 0 spiro atoms. The molecule has 0 saturated heterocycles. The minimum absolute atomic E-state index is 0.139. The predicted molar refractivity (Wildman–Crippen MR) is 95.1 cm³/mol. The molecule has 2 rings (SSSR count). The Hall–Kier alpha value is -2.63. The number of aromatic amines is 1. The first-order chi connectivity index (χ1) is 12.0. The van der Waals surface area contributed by atoms with E-state index in [1.54, 1.807) is 19.4 Å². The Morgan fingerprint density at radius 1 is 1.28 bits per heavy atom. The summed E-state index contributed by atoms with van der Waals surface area (Å²) in [4.78, 5) is 31.3. The Morgan fingerprint density at radius 2 is 2.00 bits per heavy atom. The third-order valence-corrected chi connectivity index (χ3v) is 4.58. The van der Waals surface area contributed by atoms with Gasteiger partial charge in [-0.25, -0.2) is 4.98 Å². The molecule has 3 N–H and O–H groups in total. The number of benzene rings is 1. The van der Waals surface area contributed by atoms with Crippen molar-refractivity contribution in [3.8, 4) is 0 Å². The number of nitrogens with zero attached hydrogens (tertiary/aromatic N) is 1. The standard InChI is InChI=1S/C19H25N3O3/c1-3-16(14-7-5-4-6-8-14)17(13(2)19(24)25)18(23)21-10-9-15-11-20-12-22-15/h4-8,11-13,16-17H,3,9-10H2,1-2H3,(H,20,22)(H,21,23)(H,24,25). The fourth-order valence-electron chi connectivity index (χ4n) is 3.17. The fraction of sp³-hybridized carbons (Fsp3) is 0.421. The lowest BCUT2D eigenvalue weighted by Gasteiger charge is -2.28. The normalized spacial score (nSPS) is 14.5. The van der Waals surface area contributed by atoms with Crippen molar-refractivity contribution in [3.05, 3.63) is 54.1 Å². The van der Waals surface area contributed by atoms with Crippen molar-refractivity contribution in [2.45, 2.75) is 32.6 Å². The van der Waals surface area contributed by atoms with Crippen molar-refractivity contribution in [1.29, 1.82) is 0 Å². The number of rotatable bonds is 9. The monoisotopic (exact) mass is 343 g/mol. The number of hydrogen-bond donors (Lipinski definition) is 3. The van der Waals surface area contributed by atoms with Crippen LogP contribution in [0.1, 0.15) is 37.4 Å². The van der Waals surface area contributed by atoms with Crippen molar-refractivity contribution in [1.82, 2.24) is 15.3 Å². The molecular weight excluding hydrogens is 318 g/mol. The second kappa shape index (κ2) is 9.01. The highest BCUT2D eigenvalue weighted by Gasteiger charge is 2.36. The molecule has 6 nitrogen and oxygen atoms in total. The van der Waals surface area contributed by atoms with Crippen molar-refractivity contribution < 1.29 is 14.7 Å². The van der Waals surface area contributed by atoms with Crippen LogP contribution >= 0.6 is 0 Å². The van der Waals surface area contributed by atoms with Gasteiger partial charge >= 0.3 is 5.97 Å². The van der Waals surface area contributed by atoms with Crippen LogP contribution in [0.15, 0.2) is 42.9 Å². The molecule has 0 bridgehead atoms. The maximum Gasteiger partial charge on any atom is 0.307 e. The number of carboxylic acids is 1. The molecule has 0 aliphatic heterocycles. The number of nitrogens with one attached hydrogen (secondary N) is 2. The number of aliphatic carboxylic acids is 1. The fourth-order valence-corrected chi connectivity index (χ4v) is 3.17. The Balaban J connectivity index is 2.13. The maximum atomic E-state index is 12.8. The van der Waals surface area contributed by atoms with E-state index in [1.807, 2.05) is 37.3 Å². The highest BCUT2D eigenvalue weighted by Crippen LogP contribution is 2.33. The molecule has 3 unspecified atom stereocenters. The molecule has 0 aliphatic carbocycles. The minimum Gasteiger partial charge on any atom is -0.481 e. The highest BCUT2D eigenvalue weighted by atomic mass is 16.4. The maximum absolute atomic E-state index is 12.8. The summed E-state index contributed by atoms with van der Waals surface area (Å²) in [5, 5.41) is 12.4. The van der Waals surface area contributed by atoms with Crippen LogP contribution in [0, 0.1) is 11.8 Å². The van der Waals surface area contributed by atoms with Gasteiger partial charge in [0, 0.05) is 24.9 Å². The van der Waals surface area contributed by atoms with Crippen molar-refractivity contribution in [2.24, 2.45) is 11.8 Å². The van der Waals surface area contributed by atoms with Gasteiger partial charge in [-0.05, 0) is 17.9 Å². The average molecular weight is 343 g/mol. The van der Waals surface area contributed by atoms with E-state index >= 15 is 0 Å². The molecule has 1 heterocycles. The summed E-state index contributed by atoms with van der Waals surface area (Å²) in [5.74, 6) is -2.70. The van der Waals surface area contributed by atoms with Gasteiger partial charge in [-0.15, -0.1) is 0 Å². The van der Waals surface area contributed by atoms with E-state index in [-0.39, 0.29) is 11.8 Å². The van der Waals surface area contributed by atoms with E-state index in [0.29, 0.717) is 19.4 Å². The Kier molecular flexibility index (Phi) is 6.74. The number of carbonyl (C=O) groups excluding carboxylic acids is 1. The zero-order chi connectivity index (χ0) is 18.2. The van der Waals surface area contributed by atoms with Crippen LogP contribution in [0.5, 0.6) is 0 Å². The Morgan fingerprint density at radius 3 is 2.56 bits per heavy atom. The van der Waals surface area contributed by atoms with Crippen molar-refractivity contribution >= 4 is 11.9 Å². The third-order valence-electron chi connectivity index (χ3n) is 4.58. The first-order valence-corrected chi connectivity index (χ1v) is 8.57. The van der Waals surface area contributed by atoms with E-state index in [4.69, 9.17) is 0 Å². The Bertz CT molecular complexity index is 670. The Labute approximate surface area is 147 Å². The van der Waals surface area contributed by atoms with Gasteiger partial charge < -0.3 is 15.4 Å². The smallest absolute Gasteiger partial charge is 0.307 e. The van der Waals surface area contributed by atoms with E-state index < -0.39 is 17.8 Å². The van der Waals surface area contributed by atoms with E-state index in [1.165, 1.54) is 0 Å². The van der Waals surface area contributed by atoms with Gasteiger partial charge in [-0.3, -0.25) is 9.59 Å². The van der Waals surface area contributed by atoms with Crippen LogP contribution in [-0.2, 0) is 16.0 Å². The average Bonchev–Trinajstić information content (AvgIpc) is 3.13. The molecule has 0 fully saturated rings. The SMILES string of the molecule is CCC(c1ccccc1)C(C(=O)NCCc1cnc[nH]1)C(C)C(=O)O. The number of carboxylic acid groups (broad SMARTS) is 1. The van der Waals surface area contributed by atoms with Gasteiger partial charge in [-0.2, -0.15) is 0 Å². The second-order valence-corrected chi connectivity index (χ2v) is 6.20. The molecule has 2 aromatic rings. The molecule has 1 aromatic heterocycles. The molecular formula is C19H25N3O3. The summed E-state index contributed by atoms with van der Waals surface area (Å²) in [7, 11) is 0. The zero-order valence-electron chi connectivity index (χ0n) is 14.6. The topological polar surface area (TPSA) is 95.1 Å². The predicted octanol–water partition coefficient (Wildman–Crippen LogP) is 2.60. The van der Waals surface area contributed by atoms with Crippen LogP contribution in [0.2, 0.25) is 0 Å². The molecule has 134 valence electrons. The molecule has 1 aromatic carbocycles. The van der Waals surface area contributed by atoms with E-state index in [0.717, 1.165) is 11.3 Å². The lowest BCUT2D eigenvalue weighted by atomic mass is 9.76. The molecule has 0 aliphatic rings. The van der Waals surface area contributed by atoms with E-state index in [9.17, 15) is 14.7 Å². The molecule has 1 amide bonds. The van der Waals surface area contributed by atoms with Crippen LogP contribution in [0.3, 0.4) is 0 Å². The van der Waals surface area contributed by atoms with Gasteiger partial charge in [0.05, 0.1) is 18.2 Å². The molecule has 25 heavy (non-hydrogen) atoms. The highest BCUT2D eigenvalue weighted by molar-refractivity contribution is 5.85. The number of hydrogen-bond acceptors (Lipinski definition) is 3. The summed E-state index contributed by atoms with van der Waals surface area (Å²) >= 11 is 0. The summed E-state index contributed by atoms with van der Waals surface area (Å²) in [6.07, 6.45) is 4.62. The number of aromatic nitrogens is 2. The van der Waals surface area contributed by atoms with E-state index in [2.05, 4.69) is 15.3 Å². The number of imidazole rings is 1.